The molecule has 2 aromatic rings. The number of hydrogen-bond acceptors (Lipinski definition) is 2. The Bertz CT molecular complexity index is 938. The summed E-state index contributed by atoms with van der Waals surface area (Å²) in [6.07, 6.45) is -2.88. The molecule has 32 heavy (non-hydrogen) atoms. The molecule has 0 bridgehead atoms. The van der Waals surface area contributed by atoms with E-state index >= 15 is 0 Å². The Balaban J connectivity index is 2.39. The van der Waals surface area contributed by atoms with E-state index in [9.17, 15) is 17.4 Å². The Morgan fingerprint density at radius 1 is 1.09 bits per heavy atom. The van der Waals surface area contributed by atoms with Crippen LogP contribution in [0.15, 0.2) is 61.2 Å². The Labute approximate surface area is 191 Å². The molecule has 176 valence electrons. The fraction of sp³-hybridized carbons (Fsp3) is 0.440. The van der Waals surface area contributed by atoms with Gasteiger partial charge in [0.25, 0.3) is 0 Å². The maximum atomic E-state index is 13.3. The van der Waals surface area contributed by atoms with Crippen molar-refractivity contribution in [3.8, 4) is 0 Å². The van der Waals surface area contributed by atoms with Crippen LogP contribution in [0.3, 0.4) is 0 Å². The molecule has 0 aliphatic rings. The lowest BCUT2D eigenvalue weighted by atomic mass is 9.88. The monoisotopic (exact) mass is 467 g/mol. The lowest BCUT2D eigenvalue weighted by Gasteiger charge is -2.37. The predicted molar refractivity (Wildman–Crippen MR) is 125 cm³/mol. The van der Waals surface area contributed by atoms with Gasteiger partial charge >= 0.3 is 6.18 Å². The molecule has 2 unspecified atom stereocenters. The summed E-state index contributed by atoms with van der Waals surface area (Å²) in [7, 11) is -1.41. The highest BCUT2D eigenvalue weighted by Gasteiger charge is 2.37. The van der Waals surface area contributed by atoms with Gasteiger partial charge in [-0.05, 0) is 64.3 Å². The van der Waals surface area contributed by atoms with Crippen molar-refractivity contribution in [1.82, 2.24) is 4.72 Å². The Kier molecular flexibility index (Phi) is 8.48. The molecule has 2 aromatic carbocycles. The molecule has 0 saturated carbocycles. The van der Waals surface area contributed by atoms with Gasteiger partial charge in [-0.3, -0.25) is 0 Å². The molecular formula is C25H32F3NO2S. The molecule has 0 heterocycles. The first-order chi connectivity index (χ1) is 14.8. The number of halogens is 3. The van der Waals surface area contributed by atoms with E-state index in [0.29, 0.717) is 17.5 Å². The molecule has 0 saturated heterocycles. The quantitative estimate of drug-likeness (QED) is 0.421. The summed E-state index contributed by atoms with van der Waals surface area (Å²) in [6, 6.07) is 13.4. The molecule has 0 aromatic heterocycles. The summed E-state index contributed by atoms with van der Waals surface area (Å²) in [5.74, 6) is 0. The van der Waals surface area contributed by atoms with Crippen LogP contribution in [0.5, 0.6) is 0 Å². The molecule has 0 fully saturated rings. The molecule has 3 nitrogen and oxygen atoms in total. The van der Waals surface area contributed by atoms with Crippen molar-refractivity contribution in [2.75, 3.05) is 6.61 Å². The smallest absolute Gasteiger partial charge is 0.371 e. The predicted octanol–water partition coefficient (Wildman–Crippen LogP) is 6.61. The molecule has 7 heteroatoms. The Morgan fingerprint density at radius 3 is 2.25 bits per heavy atom. The number of aryl methyl sites for hydroxylation is 1. The van der Waals surface area contributed by atoms with Crippen LogP contribution in [0.2, 0.25) is 0 Å². The van der Waals surface area contributed by atoms with E-state index in [2.05, 4.69) is 11.3 Å². The number of nitrogens with one attached hydrogen (secondary N) is 1. The first kappa shape index (κ1) is 26.3. The van der Waals surface area contributed by atoms with Gasteiger partial charge in [-0.15, -0.1) is 6.58 Å². The van der Waals surface area contributed by atoms with E-state index in [1.807, 2.05) is 51.1 Å². The third-order valence-corrected chi connectivity index (χ3v) is 6.83. The minimum absolute atomic E-state index is 0.0985. The van der Waals surface area contributed by atoms with E-state index in [-0.39, 0.29) is 6.61 Å². The standard InChI is InChI=1S/C25H32F3NO2S/c1-7-13-24(21-11-9-8-10-12-21,29-32(30)23(4,5)6)17-31-19(3)20-14-18(2)15-22(16-20)25(26,27)28/h7-12,14-16,19,29H,1,13,17H2,2-6H3/t19?,24-,32?/m1/s1. The molecule has 0 aliphatic heterocycles. The van der Waals surface area contributed by atoms with E-state index in [1.165, 1.54) is 0 Å². The fourth-order valence-corrected chi connectivity index (χ4v) is 4.22. The van der Waals surface area contributed by atoms with Gasteiger partial charge in [0.1, 0.15) is 0 Å². The number of alkyl halides is 3. The summed E-state index contributed by atoms with van der Waals surface area (Å²) in [5.41, 5.74) is 0.263. The minimum atomic E-state index is -4.43. The van der Waals surface area contributed by atoms with E-state index < -0.39 is 39.1 Å². The normalized spacial score (nSPS) is 16.2. The molecule has 2 rings (SSSR count). The van der Waals surface area contributed by atoms with Crippen LogP contribution in [0.4, 0.5) is 13.2 Å². The zero-order chi connectivity index (χ0) is 24.2. The highest BCUT2D eigenvalue weighted by molar-refractivity contribution is 7.84. The van der Waals surface area contributed by atoms with Crippen molar-refractivity contribution in [1.29, 1.82) is 0 Å². The second-order valence-corrected chi connectivity index (χ2v) is 11.0. The maximum Gasteiger partial charge on any atom is 0.416 e. The third kappa shape index (κ3) is 6.77. The van der Waals surface area contributed by atoms with Crippen molar-refractivity contribution >= 4 is 11.0 Å². The summed E-state index contributed by atoms with van der Waals surface area (Å²) < 4.78 is 61.7. The zero-order valence-corrected chi connectivity index (χ0v) is 20.1. The average Bonchev–Trinajstić information content (AvgIpc) is 2.70. The van der Waals surface area contributed by atoms with E-state index in [4.69, 9.17) is 4.74 Å². The number of ether oxygens (including phenoxy) is 1. The van der Waals surface area contributed by atoms with Crippen molar-refractivity contribution in [3.05, 3.63) is 83.4 Å². The zero-order valence-electron chi connectivity index (χ0n) is 19.3. The SMILES string of the molecule is C=CC[C@](COC(C)c1cc(C)cc(C(F)(F)F)c1)(NS(=O)C(C)(C)C)c1ccccc1. The first-order valence-electron chi connectivity index (χ1n) is 10.4. The van der Waals surface area contributed by atoms with Crippen LogP contribution in [0.1, 0.15) is 62.5 Å². The highest BCUT2D eigenvalue weighted by atomic mass is 32.2. The van der Waals surface area contributed by atoms with Crippen LogP contribution in [-0.2, 0) is 27.4 Å². The molecule has 0 spiro atoms. The van der Waals surface area contributed by atoms with Gasteiger partial charge in [0.15, 0.2) is 0 Å². The van der Waals surface area contributed by atoms with Gasteiger partial charge in [0, 0.05) is 0 Å². The van der Waals surface area contributed by atoms with Crippen LogP contribution >= 0.6 is 0 Å². The van der Waals surface area contributed by atoms with Gasteiger partial charge in [-0.2, -0.15) is 13.2 Å². The van der Waals surface area contributed by atoms with Gasteiger partial charge < -0.3 is 4.74 Å². The second kappa shape index (κ2) is 10.3. The highest BCUT2D eigenvalue weighted by Crippen LogP contribution is 2.34. The Morgan fingerprint density at radius 2 is 1.72 bits per heavy atom. The van der Waals surface area contributed by atoms with Crippen molar-refractivity contribution in [3.63, 3.8) is 0 Å². The largest absolute Gasteiger partial charge is 0.416 e. The molecule has 3 atom stereocenters. The van der Waals surface area contributed by atoms with E-state index in [1.54, 1.807) is 26.0 Å². The maximum absolute atomic E-state index is 13.3. The fourth-order valence-electron chi connectivity index (χ4n) is 3.30. The molecule has 0 amide bonds. The molecule has 1 N–H and O–H groups in total. The number of benzene rings is 2. The summed E-state index contributed by atoms with van der Waals surface area (Å²) in [6.45, 7) is 12.9. The lowest BCUT2D eigenvalue weighted by Crippen LogP contribution is -2.50. The average molecular weight is 468 g/mol. The van der Waals surface area contributed by atoms with Gasteiger partial charge in [0.05, 0.1) is 39.5 Å². The summed E-state index contributed by atoms with van der Waals surface area (Å²) in [4.78, 5) is 0. The first-order valence-corrected chi connectivity index (χ1v) is 11.6. The van der Waals surface area contributed by atoms with Crippen LogP contribution in [0, 0.1) is 6.92 Å². The van der Waals surface area contributed by atoms with Gasteiger partial charge in [-0.1, -0.05) is 48.0 Å². The topological polar surface area (TPSA) is 38.3 Å². The van der Waals surface area contributed by atoms with Crippen LogP contribution in [0.25, 0.3) is 0 Å². The van der Waals surface area contributed by atoms with Gasteiger partial charge in [-0.25, -0.2) is 8.93 Å². The van der Waals surface area contributed by atoms with Crippen LogP contribution < -0.4 is 4.72 Å². The third-order valence-electron chi connectivity index (χ3n) is 5.14. The van der Waals surface area contributed by atoms with Crippen LogP contribution in [-0.4, -0.2) is 15.6 Å². The van der Waals surface area contributed by atoms with Crippen molar-refractivity contribution < 1.29 is 22.1 Å². The van der Waals surface area contributed by atoms with E-state index in [0.717, 1.165) is 17.7 Å². The summed E-state index contributed by atoms with van der Waals surface area (Å²) >= 11 is 0. The van der Waals surface area contributed by atoms with Crippen molar-refractivity contribution in [2.24, 2.45) is 0 Å². The Hall–Kier alpha value is -1.96. The molecule has 0 radical (unpaired) electrons. The molecular weight excluding hydrogens is 435 g/mol. The number of rotatable bonds is 9. The molecule has 0 aliphatic carbocycles. The minimum Gasteiger partial charge on any atom is -0.371 e. The van der Waals surface area contributed by atoms with Gasteiger partial charge in [0.2, 0.25) is 0 Å². The lowest BCUT2D eigenvalue weighted by molar-refractivity contribution is -0.137. The second-order valence-electron chi connectivity index (χ2n) is 9.01. The van der Waals surface area contributed by atoms with Crippen molar-refractivity contribution in [2.45, 2.75) is 63.6 Å². The summed E-state index contributed by atoms with van der Waals surface area (Å²) in [5, 5.41) is 0. The number of hydrogen-bond donors (Lipinski definition) is 1.